The van der Waals surface area contributed by atoms with Gasteiger partial charge in [0.1, 0.15) is 0 Å². The Hall–Kier alpha value is -2.73. The van der Waals surface area contributed by atoms with Crippen LogP contribution in [0.1, 0.15) is 32.3 Å². The molecule has 25 heavy (non-hydrogen) atoms. The van der Waals surface area contributed by atoms with Crippen LogP contribution in [0.3, 0.4) is 0 Å². The lowest BCUT2D eigenvalue weighted by Gasteiger charge is -2.15. The Kier molecular flexibility index (Phi) is 9.09. The Morgan fingerprint density at radius 2 is 1.44 bits per heavy atom. The molecule has 0 aromatic heterocycles. The van der Waals surface area contributed by atoms with Gasteiger partial charge in [-0.05, 0) is 10.9 Å². The molecule has 0 aliphatic heterocycles. The van der Waals surface area contributed by atoms with E-state index in [4.69, 9.17) is 31.4 Å². The van der Waals surface area contributed by atoms with Crippen molar-refractivity contribution in [3.8, 4) is 11.5 Å². The van der Waals surface area contributed by atoms with Crippen molar-refractivity contribution in [1.82, 2.24) is 0 Å². The monoisotopic (exact) mass is 368 g/mol. The Balaban J connectivity index is 0.000000609. The van der Waals surface area contributed by atoms with Gasteiger partial charge >= 0.3 is 0 Å². The predicted molar refractivity (Wildman–Crippen MR) is 97.5 cm³/mol. The summed E-state index contributed by atoms with van der Waals surface area (Å²) in [7, 11) is 0. The average molecular weight is 369 g/mol. The Labute approximate surface area is 150 Å². The molecule has 2 aromatic carbocycles. The third-order valence-corrected chi connectivity index (χ3v) is 3.33. The van der Waals surface area contributed by atoms with E-state index in [1.807, 2.05) is 19.1 Å². The van der Waals surface area contributed by atoms with Gasteiger partial charge in [0.05, 0.1) is 5.02 Å². The summed E-state index contributed by atoms with van der Waals surface area (Å²) in [6.07, 6.45) is 1.75. The Bertz CT molecular complexity index is 750. The third-order valence-electron chi connectivity index (χ3n) is 2.95. The van der Waals surface area contributed by atoms with Crippen LogP contribution in [-0.4, -0.2) is 32.4 Å². The van der Waals surface area contributed by atoms with Crippen molar-refractivity contribution < 1.29 is 30.0 Å². The van der Waals surface area contributed by atoms with Crippen LogP contribution in [0.2, 0.25) is 5.02 Å². The molecule has 0 aliphatic rings. The van der Waals surface area contributed by atoms with E-state index in [0.29, 0.717) is 5.39 Å². The summed E-state index contributed by atoms with van der Waals surface area (Å²) >= 11 is 6.09. The number of rotatable bonds is 2. The van der Waals surface area contributed by atoms with E-state index in [9.17, 15) is 10.2 Å². The number of phenols is 2. The summed E-state index contributed by atoms with van der Waals surface area (Å²) in [5.74, 6) is -2.11. The van der Waals surface area contributed by atoms with Crippen LogP contribution in [0.4, 0.5) is 0 Å². The molecule has 0 aliphatic carbocycles. The van der Waals surface area contributed by atoms with Crippen molar-refractivity contribution in [2.24, 2.45) is 0 Å². The average Bonchev–Trinajstić information content (AvgIpc) is 2.51. The summed E-state index contributed by atoms with van der Waals surface area (Å²) in [5.41, 5.74) is 0.785. The quantitative estimate of drug-likeness (QED) is 0.462. The molecule has 0 fully saturated rings. The number of aliphatic carboxylic acids is 2. The highest BCUT2D eigenvalue weighted by Crippen LogP contribution is 2.45. The smallest absolute Gasteiger partial charge is 0.300 e. The van der Waals surface area contributed by atoms with Crippen molar-refractivity contribution in [2.45, 2.75) is 26.7 Å². The van der Waals surface area contributed by atoms with Gasteiger partial charge in [0, 0.05) is 25.2 Å². The molecule has 0 saturated heterocycles. The number of carbonyl (C=O) groups is 2. The summed E-state index contributed by atoms with van der Waals surface area (Å²) in [6.45, 7) is 7.84. The van der Waals surface area contributed by atoms with Gasteiger partial charge < -0.3 is 20.4 Å². The molecular formula is C18H21ClO6. The van der Waals surface area contributed by atoms with Crippen molar-refractivity contribution in [1.29, 1.82) is 0 Å². The molecule has 0 bridgehead atoms. The fraction of sp³-hybridized carbons (Fsp3) is 0.222. The zero-order chi connectivity index (χ0) is 19.7. The fourth-order valence-electron chi connectivity index (χ4n) is 1.96. The number of aromatic hydroxyl groups is 2. The number of phenolic OH excluding ortho intramolecular Hbond substituents is 2. The first-order valence-corrected chi connectivity index (χ1v) is 7.55. The molecule has 7 heteroatoms. The van der Waals surface area contributed by atoms with Gasteiger partial charge in [0.25, 0.3) is 11.9 Å². The molecule has 6 nitrogen and oxygen atoms in total. The molecule has 0 saturated carbocycles. The molecule has 0 spiro atoms. The van der Waals surface area contributed by atoms with Crippen molar-refractivity contribution in [3.63, 3.8) is 0 Å². The standard InChI is InChI=1S/C14H13ClO2.2C2H4O2/c1-3-8(2)11-9-6-4-5-7-10(9)13(16)14(17)12(11)15;2*1-2(3)4/h3-8,16-17H,1H2,2H3;2*1H3,(H,3,4). The molecule has 4 N–H and O–H groups in total. The van der Waals surface area contributed by atoms with Gasteiger partial charge in [-0.3, -0.25) is 9.59 Å². The first-order chi connectivity index (χ1) is 11.5. The number of allylic oxidation sites excluding steroid dienone is 1. The summed E-state index contributed by atoms with van der Waals surface area (Å²) < 4.78 is 0. The van der Waals surface area contributed by atoms with Gasteiger partial charge in [-0.25, -0.2) is 0 Å². The number of benzene rings is 2. The van der Waals surface area contributed by atoms with Gasteiger partial charge in [-0.1, -0.05) is 48.9 Å². The van der Waals surface area contributed by atoms with Crippen LogP contribution in [0.15, 0.2) is 36.9 Å². The number of hydrogen-bond acceptors (Lipinski definition) is 4. The number of fused-ring (bicyclic) bond motifs is 1. The highest BCUT2D eigenvalue weighted by molar-refractivity contribution is 6.34. The third kappa shape index (κ3) is 6.73. The van der Waals surface area contributed by atoms with E-state index < -0.39 is 11.9 Å². The van der Waals surface area contributed by atoms with Gasteiger partial charge in [-0.2, -0.15) is 0 Å². The van der Waals surface area contributed by atoms with Gasteiger partial charge in [0.15, 0.2) is 11.5 Å². The predicted octanol–water partition coefficient (Wildman–Crippen LogP) is 4.38. The molecule has 1 unspecified atom stereocenters. The minimum atomic E-state index is -0.833. The zero-order valence-electron chi connectivity index (χ0n) is 14.2. The highest BCUT2D eigenvalue weighted by atomic mass is 35.5. The van der Waals surface area contributed by atoms with Crippen molar-refractivity contribution in [3.05, 3.63) is 47.5 Å². The Morgan fingerprint density at radius 3 is 1.84 bits per heavy atom. The lowest BCUT2D eigenvalue weighted by Crippen LogP contribution is -1.93. The van der Waals surface area contributed by atoms with Crippen LogP contribution in [0.5, 0.6) is 11.5 Å². The molecule has 136 valence electrons. The number of hydrogen-bond donors (Lipinski definition) is 4. The van der Waals surface area contributed by atoms with Crippen molar-refractivity contribution >= 4 is 34.3 Å². The van der Waals surface area contributed by atoms with Crippen LogP contribution in [0.25, 0.3) is 10.8 Å². The molecule has 1 atom stereocenters. The molecule has 2 aromatic rings. The van der Waals surface area contributed by atoms with Crippen LogP contribution in [-0.2, 0) is 9.59 Å². The first kappa shape index (κ1) is 22.3. The molecular weight excluding hydrogens is 348 g/mol. The van der Waals surface area contributed by atoms with Crippen molar-refractivity contribution in [2.75, 3.05) is 0 Å². The van der Waals surface area contributed by atoms with E-state index in [2.05, 4.69) is 6.58 Å². The van der Waals surface area contributed by atoms with Crippen LogP contribution in [0, 0.1) is 0 Å². The topological polar surface area (TPSA) is 115 Å². The molecule has 0 amide bonds. The highest BCUT2D eigenvalue weighted by Gasteiger charge is 2.19. The second-order valence-corrected chi connectivity index (χ2v) is 5.41. The lowest BCUT2D eigenvalue weighted by molar-refractivity contribution is -0.135. The Morgan fingerprint density at radius 1 is 1.04 bits per heavy atom. The van der Waals surface area contributed by atoms with Gasteiger partial charge in [0.2, 0.25) is 0 Å². The van der Waals surface area contributed by atoms with E-state index in [-0.39, 0.29) is 22.4 Å². The normalized spacial score (nSPS) is 10.6. The maximum Gasteiger partial charge on any atom is 0.300 e. The first-order valence-electron chi connectivity index (χ1n) is 7.18. The fourth-order valence-corrected chi connectivity index (χ4v) is 2.33. The summed E-state index contributed by atoms with van der Waals surface area (Å²) in [6, 6.07) is 7.29. The second-order valence-electron chi connectivity index (χ2n) is 5.03. The molecule has 0 radical (unpaired) electrons. The van der Waals surface area contributed by atoms with E-state index in [0.717, 1.165) is 24.8 Å². The number of carboxylic acid groups (broad SMARTS) is 2. The molecule has 2 rings (SSSR count). The van der Waals surface area contributed by atoms with E-state index in [1.54, 1.807) is 18.2 Å². The lowest BCUT2D eigenvalue weighted by atomic mass is 9.93. The molecule has 0 heterocycles. The zero-order valence-corrected chi connectivity index (χ0v) is 14.9. The summed E-state index contributed by atoms with van der Waals surface area (Å²) in [4.78, 5) is 18.0. The number of carboxylic acids is 2. The minimum absolute atomic E-state index is 0.00102. The minimum Gasteiger partial charge on any atom is -0.504 e. The van der Waals surface area contributed by atoms with Crippen LogP contribution >= 0.6 is 11.6 Å². The maximum atomic E-state index is 9.86. The van der Waals surface area contributed by atoms with E-state index in [1.165, 1.54) is 0 Å². The largest absolute Gasteiger partial charge is 0.504 e. The SMILES string of the molecule is C=CC(C)c1c(Cl)c(O)c(O)c2ccccc12.CC(=O)O.CC(=O)O. The number of halogens is 1. The van der Waals surface area contributed by atoms with Crippen LogP contribution < -0.4 is 0 Å². The maximum absolute atomic E-state index is 9.86. The van der Waals surface area contributed by atoms with E-state index >= 15 is 0 Å². The summed E-state index contributed by atoms with van der Waals surface area (Å²) in [5, 5.41) is 36.1. The van der Waals surface area contributed by atoms with Gasteiger partial charge in [-0.15, -0.1) is 6.58 Å². The second kappa shape index (κ2) is 10.2.